The van der Waals surface area contributed by atoms with E-state index in [2.05, 4.69) is 24.4 Å². The van der Waals surface area contributed by atoms with E-state index in [1.54, 1.807) is 0 Å². The Balaban J connectivity index is 1.69. The number of rotatable bonds is 8. The summed E-state index contributed by atoms with van der Waals surface area (Å²) in [4.78, 5) is 0. The molecule has 2 aromatic rings. The Labute approximate surface area is 133 Å². The molecule has 3 nitrogen and oxygen atoms in total. The van der Waals surface area contributed by atoms with Crippen LogP contribution < -0.4 is 10.1 Å². The lowest BCUT2D eigenvalue weighted by molar-refractivity contribution is 0.104. The van der Waals surface area contributed by atoms with Crippen LogP contribution in [0.3, 0.4) is 0 Å². The van der Waals surface area contributed by atoms with Gasteiger partial charge in [-0.05, 0) is 37.5 Å². The zero-order valence-electron chi connectivity index (χ0n) is 13.3. The van der Waals surface area contributed by atoms with Crippen molar-refractivity contribution in [2.45, 2.75) is 32.4 Å². The van der Waals surface area contributed by atoms with Crippen LogP contribution >= 0.6 is 0 Å². The highest BCUT2D eigenvalue weighted by Gasteiger charge is 2.09. The quantitative estimate of drug-likeness (QED) is 0.787. The first kappa shape index (κ1) is 16.5. The van der Waals surface area contributed by atoms with E-state index in [-0.39, 0.29) is 0 Å². The fourth-order valence-electron chi connectivity index (χ4n) is 2.34. The topological polar surface area (TPSA) is 41.5 Å². The minimum atomic E-state index is -0.516. The van der Waals surface area contributed by atoms with Crippen LogP contribution in [0.2, 0.25) is 0 Å². The van der Waals surface area contributed by atoms with Crippen molar-refractivity contribution >= 4 is 0 Å². The third-order valence-electron chi connectivity index (χ3n) is 3.61. The maximum Gasteiger partial charge on any atom is 0.122 e. The number of aliphatic hydroxyl groups excluding tert-OH is 1. The molecule has 0 unspecified atom stereocenters. The Kier molecular flexibility index (Phi) is 6.44. The standard InChI is InChI=1S/C19H25NO2/c1-15-8-6-7-11-19(15)22-14-18(21)13-20-16(2)12-17-9-4-3-5-10-17/h3-11,16,18,20-21H,12-14H2,1-2H3/t16-,18+/m0/s1. The summed E-state index contributed by atoms with van der Waals surface area (Å²) in [5.41, 5.74) is 2.38. The number of aryl methyl sites for hydroxylation is 1. The van der Waals surface area contributed by atoms with Crippen LogP contribution in [0, 0.1) is 6.92 Å². The largest absolute Gasteiger partial charge is 0.491 e. The molecule has 0 amide bonds. The van der Waals surface area contributed by atoms with Crippen LogP contribution in [0.1, 0.15) is 18.1 Å². The third-order valence-corrected chi connectivity index (χ3v) is 3.61. The first-order valence-electron chi connectivity index (χ1n) is 7.79. The summed E-state index contributed by atoms with van der Waals surface area (Å²) in [7, 11) is 0. The van der Waals surface area contributed by atoms with Crippen molar-refractivity contribution in [1.29, 1.82) is 0 Å². The van der Waals surface area contributed by atoms with Crippen molar-refractivity contribution in [3.63, 3.8) is 0 Å². The molecule has 0 bridgehead atoms. The zero-order valence-corrected chi connectivity index (χ0v) is 13.3. The maximum absolute atomic E-state index is 10.0. The van der Waals surface area contributed by atoms with Gasteiger partial charge in [-0.1, -0.05) is 48.5 Å². The van der Waals surface area contributed by atoms with Crippen molar-refractivity contribution < 1.29 is 9.84 Å². The highest BCUT2D eigenvalue weighted by molar-refractivity contribution is 5.31. The molecule has 0 heterocycles. The Bertz CT molecular complexity index is 556. The molecule has 0 saturated heterocycles. The van der Waals surface area contributed by atoms with Crippen LogP contribution in [0.25, 0.3) is 0 Å². The van der Waals surface area contributed by atoms with E-state index in [0.717, 1.165) is 17.7 Å². The number of hydrogen-bond donors (Lipinski definition) is 2. The average Bonchev–Trinajstić information content (AvgIpc) is 2.53. The second kappa shape index (κ2) is 8.57. The molecule has 3 heteroatoms. The number of aliphatic hydroxyl groups is 1. The van der Waals surface area contributed by atoms with Gasteiger partial charge in [0.1, 0.15) is 18.5 Å². The molecule has 118 valence electrons. The number of ether oxygens (including phenoxy) is 1. The lowest BCUT2D eigenvalue weighted by Crippen LogP contribution is -2.37. The van der Waals surface area contributed by atoms with Crippen molar-refractivity contribution in [2.75, 3.05) is 13.2 Å². The summed E-state index contributed by atoms with van der Waals surface area (Å²) >= 11 is 0. The van der Waals surface area contributed by atoms with Gasteiger partial charge in [0.15, 0.2) is 0 Å². The number of para-hydroxylation sites is 1. The highest BCUT2D eigenvalue weighted by atomic mass is 16.5. The number of benzene rings is 2. The normalized spacial score (nSPS) is 13.6. The monoisotopic (exact) mass is 299 g/mol. The Morgan fingerprint density at radius 2 is 1.73 bits per heavy atom. The Morgan fingerprint density at radius 3 is 2.45 bits per heavy atom. The molecule has 0 radical (unpaired) electrons. The van der Waals surface area contributed by atoms with Crippen molar-refractivity contribution in [3.8, 4) is 5.75 Å². The van der Waals surface area contributed by atoms with Crippen LogP contribution in [0.5, 0.6) is 5.75 Å². The molecule has 0 saturated carbocycles. The van der Waals surface area contributed by atoms with E-state index in [1.807, 2.05) is 49.4 Å². The summed E-state index contributed by atoms with van der Waals surface area (Å²) in [5, 5.41) is 13.4. The van der Waals surface area contributed by atoms with Gasteiger partial charge in [-0.2, -0.15) is 0 Å². The fraction of sp³-hybridized carbons (Fsp3) is 0.368. The van der Waals surface area contributed by atoms with E-state index in [4.69, 9.17) is 4.74 Å². The number of hydrogen-bond acceptors (Lipinski definition) is 3. The van der Waals surface area contributed by atoms with Gasteiger partial charge in [0.25, 0.3) is 0 Å². The predicted octanol–water partition coefficient (Wildman–Crippen LogP) is 2.96. The second-order valence-electron chi connectivity index (χ2n) is 5.73. The minimum absolute atomic E-state index is 0.301. The van der Waals surface area contributed by atoms with Gasteiger partial charge in [0, 0.05) is 12.6 Å². The van der Waals surface area contributed by atoms with Crippen molar-refractivity contribution in [1.82, 2.24) is 5.32 Å². The van der Waals surface area contributed by atoms with Gasteiger partial charge >= 0.3 is 0 Å². The first-order valence-corrected chi connectivity index (χ1v) is 7.79. The Morgan fingerprint density at radius 1 is 1.05 bits per heavy atom. The SMILES string of the molecule is Cc1ccccc1OC[C@H](O)CN[C@@H](C)Cc1ccccc1. The molecule has 2 N–H and O–H groups in total. The van der Waals surface area contributed by atoms with E-state index < -0.39 is 6.10 Å². The summed E-state index contributed by atoms with van der Waals surface area (Å²) in [6.07, 6.45) is 0.435. The smallest absolute Gasteiger partial charge is 0.122 e. The molecular formula is C19H25NO2. The van der Waals surface area contributed by atoms with Crippen LogP contribution in [-0.2, 0) is 6.42 Å². The Hall–Kier alpha value is -1.84. The van der Waals surface area contributed by atoms with Crippen molar-refractivity contribution in [2.24, 2.45) is 0 Å². The van der Waals surface area contributed by atoms with E-state index >= 15 is 0 Å². The maximum atomic E-state index is 10.0. The molecule has 2 atom stereocenters. The van der Waals surface area contributed by atoms with E-state index in [1.165, 1.54) is 5.56 Å². The molecular weight excluding hydrogens is 274 g/mol. The molecule has 2 rings (SSSR count). The first-order chi connectivity index (χ1) is 10.6. The number of nitrogens with one attached hydrogen (secondary N) is 1. The lowest BCUT2D eigenvalue weighted by Gasteiger charge is -2.18. The third kappa shape index (κ3) is 5.51. The van der Waals surface area contributed by atoms with Crippen LogP contribution in [0.15, 0.2) is 54.6 Å². The molecule has 2 aromatic carbocycles. The van der Waals surface area contributed by atoms with Gasteiger partial charge in [-0.15, -0.1) is 0 Å². The van der Waals surface area contributed by atoms with Gasteiger partial charge in [0.05, 0.1) is 0 Å². The summed E-state index contributed by atoms with van der Waals surface area (Å²) in [5.74, 6) is 0.832. The fourth-order valence-corrected chi connectivity index (χ4v) is 2.34. The minimum Gasteiger partial charge on any atom is -0.491 e. The van der Waals surface area contributed by atoms with E-state index in [9.17, 15) is 5.11 Å². The van der Waals surface area contributed by atoms with Crippen LogP contribution in [-0.4, -0.2) is 30.4 Å². The van der Waals surface area contributed by atoms with E-state index in [0.29, 0.717) is 19.2 Å². The predicted molar refractivity (Wildman–Crippen MR) is 90.3 cm³/mol. The average molecular weight is 299 g/mol. The van der Waals surface area contributed by atoms with Gasteiger partial charge in [-0.25, -0.2) is 0 Å². The second-order valence-corrected chi connectivity index (χ2v) is 5.73. The highest BCUT2D eigenvalue weighted by Crippen LogP contribution is 2.16. The van der Waals surface area contributed by atoms with Gasteiger partial charge < -0.3 is 15.2 Å². The summed E-state index contributed by atoms with van der Waals surface area (Å²) in [6, 6.07) is 18.5. The molecule has 0 aromatic heterocycles. The molecule has 0 aliphatic heterocycles. The summed E-state index contributed by atoms with van der Waals surface area (Å²) in [6.45, 7) is 4.96. The van der Waals surface area contributed by atoms with Gasteiger partial charge in [-0.3, -0.25) is 0 Å². The molecule has 0 spiro atoms. The molecule has 0 aliphatic carbocycles. The summed E-state index contributed by atoms with van der Waals surface area (Å²) < 4.78 is 5.66. The molecule has 22 heavy (non-hydrogen) atoms. The van der Waals surface area contributed by atoms with Crippen LogP contribution in [0.4, 0.5) is 0 Å². The lowest BCUT2D eigenvalue weighted by atomic mass is 10.1. The molecule has 0 aliphatic rings. The van der Waals surface area contributed by atoms with Gasteiger partial charge in [0.2, 0.25) is 0 Å². The zero-order chi connectivity index (χ0) is 15.8. The van der Waals surface area contributed by atoms with Crippen molar-refractivity contribution in [3.05, 3.63) is 65.7 Å². The molecule has 0 fully saturated rings.